The van der Waals surface area contributed by atoms with Crippen molar-refractivity contribution in [2.75, 3.05) is 13.6 Å². The summed E-state index contributed by atoms with van der Waals surface area (Å²) < 4.78 is 0. The molecule has 0 fully saturated rings. The van der Waals surface area contributed by atoms with Crippen molar-refractivity contribution in [2.24, 2.45) is 10.9 Å². The Balaban J connectivity index is 0.00000361. The summed E-state index contributed by atoms with van der Waals surface area (Å²) in [5.74, 6) is 2.05. The molecule has 1 aromatic rings. The minimum Gasteiger partial charge on any atom is -0.356 e. The molecule has 20 heavy (non-hydrogen) atoms. The Morgan fingerprint density at radius 1 is 1.30 bits per heavy atom. The molecule has 0 unspecified atom stereocenters. The minimum atomic E-state index is 0. The summed E-state index contributed by atoms with van der Waals surface area (Å²) in [5, 5.41) is 9.86. The lowest BCUT2D eigenvalue weighted by Gasteiger charge is -2.11. The molecule has 0 spiro atoms. The molecule has 0 atom stereocenters. The lowest BCUT2D eigenvalue weighted by Crippen LogP contribution is -2.37. The minimum absolute atomic E-state index is 0. The SMILES string of the molecule is CN=C(NCCC(C)C)NCc1nc(C(C)C)cs1.I. The number of halogens is 1. The first kappa shape index (κ1) is 19.6. The average Bonchev–Trinajstić information content (AvgIpc) is 2.82. The molecule has 0 aliphatic carbocycles. The molecular weight excluding hydrogens is 383 g/mol. The Morgan fingerprint density at radius 2 is 2.00 bits per heavy atom. The second-order valence-corrected chi connectivity index (χ2v) is 6.30. The maximum absolute atomic E-state index is 4.60. The molecular formula is C14H27IN4S. The van der Waals surface area contributed by atoms with E-state index in [1.807, 2.05) is 0 Å². The Labute approximate surface area is 143 Å². The fourth-order valence-corrected chi connectivity index (χ4v) is 2.43. The van der Waals surface area contributed by atoms with Crippen LogP contribution >= 0.6 is 35.3 Å². The van der Waals surface area contributed by atoms with Gasteiger partial charge in [-0.2, -0.15) is 0 Å². The number of nitrogens with one attached hydrogen (secondary N) is 2. The second kappa shape index (κ2) is 10.4. The van der Waals surface area contributed by atoms with Crippen LogP contribution in [0.5, 0.6) is 0 Å². The van der Waals surface area contributed by atoms with Crippen LogP contribution in [0.3, 0.4) is 0 Å². The highest BCUT2D eigenvalue weighted by molar-refractivity contribution is 14.0. The smallest absolute Gasteiger partial charge is 0.191 e. The number of thiazole rings is 1. The quantitative estimate of drug-likeness (QED) is 0.428. The van der Waals surface area contributed by atoms with E-state index < -0.39 is 0 Å². The van der Waals surface area contributed by atoms with Gasteiger partial charge >= 0.3 is 0 Å². The normalized spacial score (nSPS) is 11.7. The Morgan fingerprint density at radius 3 is 2.50 bits per heavy atom. The van der Waals surface area contributed by atoms with Gasteiger partial charge in [0.25, 0.3) is 0 Å². The number of hydrogen-bond acceptors (Lipinski definition) is 3. The Kier molecular flexibility index (Phi) is 10.2. The van der Waals surface area contributed by atoms with Gasteiger partial charge in [0, 0.05) is 19.0 Å². The predicted molar refractivity (Wildman–Crippen MR) is 99.3 cm³/mol. The summed E-state index contributed by atoms with van der Waals surface area (Å²) in [7, 11) is 1.80. The van der Waals surface area contributed by atoms with Gasteiger partial charge in [-0.1, -0.05) is 27.7 Å². The predicted octanol–water partition coefficient (Wildman–Crippen LogP) is 3.60. The van der Waals surface area contributed by atoms with Gasteiger partial charge < -0.3 is 10.6 Å². The highest BCUT2D eigenvalue weighted by Crippen LogP contribution is 2.17. The van der Waals surface area contributed by atoms with Crippen molar-refractivity contribution >= 4 is 41.3 Å². The lowest BCUT2D eigenvalue weighted by atomic mass is 10.1. The molecule has 0 saturated carbocycles. The van der Waals surface area contributed by atoms with Gasteiger partial charge in [0.2, 0.25) is 0 Å². The van der Waals surface area contributed by atoms with Crippen molar-refractivity contribution in [3.05, 3.63) is 16.1 Å². The van der Waals surface area contributed by atoms with E-state index >= 15 is 0 Å². The summed E-state index contributed by atoms with van der Waals surface area (Å²) in [6, 6.07) is 0. The van der Waals surface area contributed by atoms with E-state index in [2.05, 4.69) is 53.7 Å². The van der Waals surface area contributed by atoms with Crippen LogP contribution in [0, 0.1) is 5.92 Å². The van der Waals surface area contributed by atoms with E-state index in [0.29, 0.717) is 11.8 Å². The van der Waals surface area contributed by atoms with Gasteiger partial charge in [-0.05, 0) is 18.3 Å². The van der Waals surface area contributed by atoms with Crippen molar-refractivity contribution in [3.63, 3.8) is 0 Å². The first-order valence-electron chi connectivity index (χ1n) is 6.91. The molecule has 1 heterocycles. The zero-order valence-corrected chi connectivity index (χ0v) is 16.2. The van der Waals surface area contributed by atoms with E-state index in [9.17, 15) is 0 Å². The second-order valence-electron chi connectivity index (χ2n) is 5.36. The van der Waals surface area contributed by atoms with Crippen molar-refractivity contribution in [3.8, 4) is 0 Å². The van der Waals surface area contributed by atoms with E-state index in [4.69, 9.17) is 0 Å². The monoisotopic (exact) mass is 410 g/mol. The van der Waals surface area contributed by atoms with Crippen LogP contribution in [-0.4, -0.2) is 24.5 Å². The van der Waals surface area contributed by atoms with Crippen LogP contribution in [0.25, 0.3) is 0 Å². The van der Waals surface area contributed by atoms with Crippen LogP contribution < -0.4 is 10.6 Å². The first-order valence-corrected chi connectivity index (χ1v) is 7.79. The molecule has 0 radical (unpaired) electrons. The average molecular weight is 410 g/mol. The van der Waals surface area contributed by atoms with Gasteiger partial charge in [0.1, 0.15) is 5.01 Å². The topological polar surface area (TPSA) is 49.3 Å². The number of nitrogens with zero attached hydrogens (tertiary/aromatic N) is 2. The highest BCUT2D eigenvalue weighted by Gasteiger charge is 2.06. The molecule has 1 rings (SSSR count). The third-order valence-electron chi connectivity index (χ3n) is 2.81. The Bertz CT molecular complexity index is 402. The van der Waals surface area contributed by atoms with Crippen molar-refractivity contribution in [1.82, 2.24) is 15.6 Å². The fraction of sp³-hybridized carbons (Fsp3) is 0.714. The number of aliphatic imine (C=N–C) groups is 1. The zero-order valence-electron chi connectivity index (χ0n) is 13.1. The van der Waals surface area contributed by atoms with E-state index in [-0.39, 0.29) is 24.0 Å². The van der Waals surface area contributed by atoms with Crippen LogP contribution in [0.4, 0.5) is 0 Å². The largest absolute Gasteiger partial charge is 0.356 e. The van der Waals surface area contributed by atoms with Crippen LogP contribution in [0.2, 0.25) is 0 Å². The van der Waals surface area contributed by atoms with Crippen molar-refractivity contribution in [1.29, 1.82) is 0 Å². The van der Waals surface area contributed by atoms with E-state index in [1.54, 1.807) is 18.4 Å². The molecule has 0 bridgehead atoms. The van der Waals surface area contributed by atoms with Crippen molar-refractivity contribution < 1.29 is 0 Å². The fourth-order valence-electron chi connectivity index (χ4n) is 1.53. The number of aromatic nitrogens is 1. The maximum Gasteiger partial charge on any atom is 0.191 e. The molecule has 6 heteroatoms. The number of hydrogen-bond donors (Lipinski definition) is 2. The van der Waals surface area contributed by atoms with Crippen LogP contribution in [0.1, 0.15) is 50.7 Å². The highest BCUT2D eigenvalue weighted by atomic mass is 127. The molecule has 0 amide bonds. The molecule has 0 aliphatic heterocycles. The van der Waals surface area contributed by atoms with Gasteiger partial charge in [0.05, 0.1) is 12.2 Å². The summed E-state index contributed by atoms with van der Waals surface area (Å²) in [4.78, 5) is 8.81. The van der Waals surface area contributed by atoms with E-state index in [0.717, 1.165) is 30.5 Å². The lowest BCUT2D eigenvalue weighted by molar-refractivity contribution is 0.573. The van der Waals surface area contributed by atoms with Crippen LogP contribution in [0.15, 0.2) is 10.4 Å². The van der Waals surface area contributed by atoms with Gasteiger partial charge in [-0.25, -0.2) is 4.98 Å². The number of guanidine groups is 1. The summed E-state index contributed by atoms with van der Waals surface area (Å²) in [5.41, 5.74) is 1.17. The van der Waals surface area contributed by atoms with Crippen LogP contribution in [-0.2, 0) is 6.54 Å². The molecule has 2 N–H and O–H groups in total. The summed E-state index contributed by atoms with van der Waals surface area (Å²) in [6.45, 7) is 10.5. The summed E-state index contributed by atoms with van der Waals surface area (Å²) in [6.07, 6.45) is 1.15. The first-order chi connectivity index (χ1) is 9.02. The third kappa shape index (κ3) is 7.42. The molecule has 0 saturated heterocycles. The molecule has 4 nitrogen and oxygen atoms in total. The Hall–Kier alpha value is -0.370. The van der Waals surface area contributed by atoms with Gasteiger partial charge in [0.15, 0.2) is 5.96 Å². The van der Waals surface area contributed by atoms with Gasteiger partial charge in [-0.15, -0.1) is 35.3 Å². The van der Waals surface area contributed by atoms with Gasteiger partial charge in [-0.3, -0.25) is 4.99 Å². The molecule has 116 valence electrons. The molecule has 1 aromatic heterocycles. The summed E-state index contributed by atoms with van der Waals surface area (Å²) >= 11 is 1.70. The standard InChI is InChI=1S/C14H26N4S.HI/c1-10(2)6-7-16-14(15-5)17-8-13-18-12(9-19-13)11(3)4;/h9-11H,6-8H2,1-5H3,(H2,15,16,17);1H. The molecule has 0 aliphatic rings. The van der Waals surface area contributed by atoms with E-state index in [1.165, 1.54) is 5.69 Å². The molecule has 0 aromatic carbocycles. The maximum atomic E-state index is 4.60. The zero-order chi connectivity index (χ0) is 14.3. The van der Waals surface area contributed by atoms with Crippen molar-refractivity contribution in [2.45, 2.75) is 46.6 Å². The third-order valence-corrected chi connectivity index (χ3v) is 3.67. The number of rotatable bonds is 6.